The molecule has 1 aromatic heterocycles. The fraction of sp³-hybridized carbons (Fsp3) is 0.267. The van der Waals surface area contributed by atoms with Gasteiger partial charge in [-0.25, -0.2) is 4.98 Å². The van der Waals surface area contributed by atoms with Crippen LogP contribution < -0.4 is 4.74 Å². The molecule has 1 fully saturated rings. The maximum Gasteiger partial charge on any atom is 0.282 e. The Labute approximate surface area is 131 Å². The van der Waals surface area contributed by atoms with Crippen molar-refractivity contribution in [3.63, 3.8) is 0 Å². The van der Waals surface area contributed by atoms with E-state index in [0.717, 1.165) is 0 Å². The zero-order chi connectivity index (χ0) is 16.2. The molecule has 1 unspecified atom stereocenters. The van der Waals surface area contributed by atoms with E-state index in [1.54, 1.807) is 23.2 Å². The number of hydrogen-bond acceptors (Lipinski definition) is 6. The molecule has 0 saturated carbocycles. The van der Waals surface area contributed by atoms with Crippen LogP contribution in [0.3, 0.4) is 0 Å². The Hall–Kier alpha value is -3.03. The monoisotopic (exact) mass is 314 g/mol. The third kappa shape index (κ3) is 3.25. The van der Waals surface area contributed by atoms with Gasteiger partial charge in [-0.2, -0.15) is 0 Å². The number of para-hydroxylation sites is 1. The highest BCUT2D eigenvalue weighted by atomic mass is 16.6. The minimum absolute atomic E-state index is 0.0950. The highest BCUT2D eigenvalue weighted by molar-refractivity contribution is 5.98. The number of carbonyl (C=O) groups excluding carboxylic acids is 1. The standard InChI is InChI=1S/C15H14N4O4/c20-15(12-3-1-2-4-13(12)19(21)22)18-8-5-11(10-18)23-14-9-16-6-7-17-14/h1-4,6-7,9,11H,5,8,10H2. The van der Waals surface area contributed by atoms with Gasteiger partial charge in [0.2, 0.25) is 5.88 Å². The molecule has 1 atom stereocenters. The number of nitrogens with zero attached hydrogens (tertiary/aromatic N) is 4. The third-order valence-corrected chi connectivity index (χ3v) is 3.59. The van der Waals surface area contributed by atoms with E-state index >= 15 is 0 Å². The van der Waals surface area contributed by atoms with Crippen LogP contribution in [0, 0.1) is 10.1 Å². The molecule has 0 N–H and O–H groups in total. The molecule has 0 spiro atoms. The summed E-state index contributed by atoms with van der Waals surface area (Å²) < 4.78 is 5.67. The number of amides is 1. The summed E-state index contributed by atoms with van der Waals surface area (Å²) in [6.45, 7) is 0.845. The van der Waals surface area contributed by atoms with Crippen molar-refractivity contribution in [1.82, 2.24) is 14.9 Å². The number of nitro groups is 1. The normalized spacial score (nSPS) is 17.0. The Balaban J connectivity index is 1.69. The fourth-order valence-electron chi connectivity index (χ4n) is 2.51. The van der Waals surface area contributed by atoms with Gasteiger partial charge in [-0.1, -0.05) is 12.1 Å². The van der Waals surface area contributed by atoms with Gasteiger partial charge in [0.1, 0.15) is 11.7 Å². The molecular formula is C15H14N4O4. The second-order valence-electron chi connectivity index (χ2n) is 5.10. The maximum absolute atomic E-state index is 12.5. The number of likely N-dealkylation sites (tertiary alicyclic amines) is 1. The zero-order valence-electron chi connectivity index (χ0n) is 12.2. The molecule has 1 aliphatic heterocycles. The van der Waals surface area contributed by atoms with Crippen molar-refractivity contribution >= 4 is 11.6 Å². The van der Waals surface area contributed by atoms with Crippen molar-refractivity contribution in [3.05, 3.63) is 58.5 Å². The summed E-state index contributed by atoms with van der Waals surface area (Å²) in [7, 11) is 0. The predicted molar refractivity (Wildman–Crippen MR) is 80.1 cm³/mol. The van der Waals surface area contributed by atoms with Crippen LogP contribution in [-0.2, 0) is 0 Å². The average Bonchev–Trinajstić information content (AvgIpc) is 3.03. The lowest BCUT2D eigenvalue weighted by Gasteiger charge is -2.16. The van der Waals surface area contributed by atoms with Crippen molar-refractivity contribution in [3.8, 4) is 5.88 Å². The summed E-state index contributed by atoms with van der Waals surface area (Å²) in [4.78, 5) is 32.5. The first-order valence-electron chi connectivity index (χ1n) is 7.10. The largest absolute Gasteiger partial charge is 0.471 e. The summed E-state index contributed by atoms with van der Waals surface area (Å²) in [5, 5.41) is 11.0. The molecule has 2 aromatic rings. The Morgan fingerprint density at radius 3 is 2.91 bits per heavy atom. The smallest absolute Gasteiger partial charge is 0.282 e. The summed E-state index contributed by atoms with van der Waals surface area (Å²) >= 11 is 0. The third-order valence-electron chi connectivity index (χ3n) is 3.59. The summed E-state index contributed by atoms with van der Waals surface area (Å²) in [6.07, 6.45) is 5.03. The van der Waals surface area contributed by atoms with Gasteiger partial charge in [-0.05, 0) is 6.07 Å². The van der Waals surface area contributed by atoms with Gasteiger partial charge < -0.3 is 9.64 Å². The van der Waals surface area contributed by atoms with E-state index in [0.29, 0.717) is 25.4 Å². The molecule has 8 heteroatoms. The van der Waals surface area contributed by atoms with Crippen LogP contribution in [0.4, 0.5) is 5.69 Å². The highest BCUT2D eigenvalue weighted by Crippen LogP contribution is 2.23. The molecule has 2 heterocycles. The molecule has 23 heavy (non-hydrogen) atoms. The second kappa shape index (κ2) is 6.39. The van der Waals surface area contributed by atoms with Crippen LogP contribution in [0.15, 0.2) is 42.9 Å². The van der Waals surface area contributed by atoms with Gasteiger partial charge >= 0.3 is 0 Å². The molecule has 1 aliphatic rings. The van der Waals surface area contributed by atoms with Crippen LogP contribution in [0.5, 0.6) is 5.88 Å². The first-order chi connectivity index (χ1) is 11.1. The molecule has 0 bridgehead atoms. The maximum atomic E-state index is 12.5. The summed E-state index contributed by atoms with van der Waals surface area (Å²) in [5.41, 5.74) is -0.0894. The minimum atomic E-state index is -0.545. The van der Waals surface area contributed by atoms with E-state index in [9.17, 15) is 14.9 Å². The average molecular weight is 314 g/mol. The van der Waals surface area contributed by atoms with Gasteiger partial charge in [0, 0.05) is 31.4 Å². The summed E-state index contributed by atoms with van der Waals surface area (Å²) in [6, 6.07) is 5.96. The highest BCUT2D eigenvalue weighted by Gasteiger charge is 2.31. The van der Waals surface area contributed by atoms with Gasteiger partial charge in [0.25, 0.3) is 11.6 Å². The molecule has 118 valence electrons. The molecule has 1 aromatic carbocycles. The van der Waals surface area contributed by atoms with Crippen molar-refractivity contribution in [1.29, 1.82) is 0 Å². The molecular weight excluding hydrogens is 300 g/mol. The van der Waals surface area contributed by atoms with Gasteiger partial charge in [-0.3, -0.25) is 19.9 Å². The van der Waals surface area contributed by atoms with Crippen molar-refractivity contribution in [2.24, 2.45) is 0 Å². The van der Waals surface area contributed by atoms with Crippen LogP contribution >= 0.6 is 0 Å². The number of aromatic nitrogens is 2. The van der Waals surface area contributed by atoms with E-state index in [4.69, 9.17) is 4.74 Å². The minimum Gasteiger partial charge on any atom is -0.471 e. The zero-order valence-corrected chi connectivity index (χ0v) is 12.2. The van der Waals surface area contributed by atoms with Gasteiger partial charge in [-0.15, -0.1) is 0 Å². The van der Waals surface area contributed by atoms with Crippen molar-refractivity contribution in [2.75, 3.05) is 13.1 Å². The topological polar surface area (TPSA) is 98.5 Å². The molecule has 1 saturated heterocycles. The van der Waals surface area contributed by atoms with E-state index in [-0.39, 0.29) is 23.3 Å². The molecule has 8 nitrogen and oxygen atoms in total. The number of benzene rings is 1. The van der Waals surface area contributed by atoms with E-state index < -0.39 is 4.92 Å². The van der Waals surface area contributed by atoms with Crippen LogP contribution in [0.25, 0.3) is 0 Å². The predicted octanol–water partition coefficient (Wildman–Crippen LogP) is 1.68. The first kappa shape index (κ1) is 14.9. The number of rotatable bonds is 4. The Morgan fingerprint density at radius 1 is 1.35 bits per heavy atom. The number of nitro benzene ring substituents is 1. The SMILES string of the molecule is O=C(c1ccccc1[N+](=O)[O-])N1CCC(Oc2cnccn2)C1. The molecule has 0 radical (unpaired) electrons. The summed E-state index contributed by atoms with van der Waals surface area (Å²) in [5.74, 6) is 0.0417. The molecule has 3 rings (SSSR count). The van der Waals surface area contributed by atoms with Crippen molar-refractivity contribution < 1.29 is 14.5 Å². The Kier molecular flexibility index (Phi) is 4.13. The number of ether oxygens (including phenoxy) is 1. The molecule has 1 amide bonds. The number of carbonyl (C=O) groups is 1. The Morgan fingerprint density at radius 2 is 2.17 bits per heavy atom. The lowest BCUT2D eigenvalue weighted by Crippen LogP contribution is -2.31. The van der Waals surface area contributed by atoms with Crippen LogP contribution in [-0.4, -0.2) is 44.9 Å². The lowest BCUT2D eigenvalue weighted by molar-refractivity contribution is -0.385. The fourth-order valence-corrected chi connectivity index (χ4v) is 2.51. The van der Waals surface area contributed by atoms with Gasteiger partial charge in [0.15, 0.2) is 0 Å². The molecule has 0 aliphatic carbocycles. The Bertz CT molecular complexity index is 722. The quantitative estimate of drug-likeness (QED) is 0.629. The van der Waals surface area contributed by atoms with E-state index in [1.165, 1.54) is 24.5 Å². The van der Waals surface area contributed by atoms with E-state index in [1.807, 2.05) is 0 Å². The van der Waals surface area contributed by atoms with E-state index in [2.05, 4.69) is 9.97 Å². The first-order valence-corrected chi connectivity index (χ1v) is 7.10. The second-order valence-corrected chi connectivity index (χ2v) is 5.10. The van der Waals surface area contributed by atoms with Crippen LogP contribution in [0.2, 0.25) is 0 Å². The van der Waals surface area contributed by atoms with Gasteiger partial charge in [0.05, 0.1) is 17.7 Å². The number of hydrogen-bond donors (Lipinski definition) is 0. The van der Waals surface area contributed by atoms with Crippen LogP contribution in [0.1, 0.15) is 16.8 Å². The van der Waals surface area contributed by atoms with Crippen molar-refractivity contribution in [2.45, 2.75) is 12.5 Å². The lowest BCUT2D eigenvalue weighted by atomic mass is 10.1.